The quantitative estimate of drug-likeness (QED) is 0.661. The van der Waals surface area contributed by atoms with Crippen LogP contribution in [-0.2, 0) is 0 Å². The third-order valence-corrected chi connectivity index (χ3v) is 4.53. The second-order valence-corrected chi connectivity index (χ2v) is 5.74. The van der Waals surface area contributed by atoms with E-state index in [9.17, 15) is 10.1 Å². The van der Waals surface area contributed by atoms with E-state index in [0.717, 1.165) is 45.0 Å². The zero-order chi connectivity index (χ0) is 15.5. The molecule has 3 rings (SSSR count). The van der Waals surface area contributed by atoms with Crippen molar-refractivity contribution in [3.05, 3.63) is 33.9 Å². The van der Waals surface area contributed by atoms with Crippen molar-refractivity contribution in [2.45, 2.75) is 12.5 Å². The number of hydrogen-bond donors (Lipinski definition) is 1. The lowest BCUT2D eigenvalue weighted by Gasteiger charge is -2.38. The SMILES string of the molecule is N#Cc1ccc(N2CCN(C3CCNC3)CC2)cc1[N+](=O)[O-]. The average molecular weight is 301 g/mol. The number of benzene rings is 1. The van der Waals surface area contributed by atoms with Gasteiger partial charge in [-0.25, -0.2) is 0 Å². The van der Waals surface area contributed by atoms with Gasteiger partial charge in [-0.3, -0.25) is 15.0 Å². The maximum Gasteiger partial charge on any atom is 0.289 e. The molecule has 2 heterocycles. The minimum Gasteiger partial charge on any atom is -0.369 e. The van der Waals surface area contributed by atoms with E-state index >= 15 is 0 Å². The number of nitrogens with one attached hydrogen (secondary N) is 1. The zero-order valence-corrected chi connectivity index (χ0v) is 12.4. The predicted molar refractivity (Wildman–Crippen MR) is 82.9 cm³/mol. The second-order valence-electron chi connectivity index (χ2n) is 5.74. The van der Waals surface area contributed by atoms with Crippen molar-refractivity contribution in [2.24, 2.45) is 0 Å². The van der Waals surface area contributed by atoms with Gasteiger partial charge in [-0.05, 0) is 25.1 Å². The van der Waals surface area contributed by atoms with Crippen molar-refractivity contribution < 1.29 is 4.92 Å². The Hall–Kier alpha value is -2.17. The van der Waals surface area contributed by atoms with Gasteiger partial charge in [0.2, 0.25) is 0 Å². The molecule has 1 aromatic rings. The molecule has 116 valence electrons. The number of anilines is 1. The van der Waals surface area contributed by atoms with E-state index in [4.69, 9.17) is 5.26 Å². The summed E-state index contributed by atoms with van der Waals surface area (Å²) in [6.45, 7) is 5.81. The molecular weight excluding hydrogens is 282 g/mol. The smallest absolute Gasteiger partial charge is 0.289 e. The number of hydrogen-bond acceptors (Lipinski definition) is 6. The minimum atomic E-state index is -0.484. The van der Waals surface area contributed by atoms with Gasteiger partial charge in [-0.1, -0.05) is 0 Å². The summed E-state index contributed by atoms with van der Waals surface area (Å²) in [4.78, 5) is 15.2. The van der Waals surface area contributed by atoms with E-state index in [2.05, 4.69) is 15.1 Å². The molecule has 2 saturated heterocycles. The van der Waals surface area contributed by atoms with Crippen LogP contribution >= 0.6 is 0 Å². The normalized spacial score (nSPS) is 22.5. The van der Waals surface area contributed by atoms with Crippen LogP contribution in [0.4, 0.5) is 11.4 Å². The monoisotopic (exact) mass is 301 g/mol. The molecule has 0 amide bonds. The second kappa shape index (κ2) is 6.30. The Balaban J connectivity index is 1.69. The summed E-state index contributed by atoms with van der Waals surface area (Å²) >= 11 is 0. The Morgan fingerprint density at radius 3 is 2.68 bits per heavy atom. The third-order valence-electron chi connectivity index (χ3n) is 4.53. The topological polar surface area (TPSA) is 85.4 Å². The Morgan fingerprint density at radius 2 is 2.09 bits per heavy atom. The lowest BCUT2D eigenvalue weighted by molar-refractivity contribution is -0.385. The highest BCUT2D eigenvalue weighted by Gasteiger charge is 2.26. The first kappa shape index (κ1) is 14.8. The van der Waals surface area contributed by atoms with Crippen LogP contribution in [-0.4, -0.2) is 55.1 Å². The van der Waals surface area contributed by atoms with Crippen LogP contribution in [0.5, 0.6) is 0 Å². The molecule has 2 aliphatic heterocycles. The van der Waals surface area contributed by atoms with Crippen LogP contribution in [0.25, 0.3) is 0 Å². The summed E-state index contributed by atoms with van der Waals surface area (Å²) in [5.41, 5.74) is 0.835. The molecule has 2 aliphatic rings. The van der Waals surface area contributed by atoms with Gasteiger partial charge in [0.25, 0.3) is 5.69 Å². The largest absolute Gasteiger partial charge is 0.369 e. The van der Waals surface area contributed by atoms with Gasteiger partial charge in [-0.15, -0.1) is 0 Å². The highest BCUT2D eigenvalue weighted by atomic mass is 16.6. The van der Waals surface area contributed by atoms with Crippen molar-refractivity contribution in [3.63, 3.8) is 0 Å². The standard InChI is InChI=1S/C15H19N5O2/c16-10-12-1-2-13(9-15(12)20(21)22)18-5-7-19(8-6-18)14-3-4-17-11-14/h1-2,9,14,17H,3-8,11H2. The van der Waals surface area contributed by atoms with Gasteiger partial charge in [0.1, 0.15) is 11.6 Å². The Morgan fingerprint density at radius 1 is 1.32 bits per heavy atom. The van der Waals surface area contributed by atoms with Gasteiger partial charge in [0.05, 0.1) is 4.92 Å². The summed E-state index contributed by atoms with van der Waals surface area (Å²) in [6, 6.07) is 7.36. The first-order valence-electron chi connectivity index (χ1n) is 7.57. The summed E-state index contributed by atoms with van der Waals surface area (Å²) in [5, 5.41) is 23.4. The number of nitriles is 1. The summed E-state index contributed by atoms with van der Waals surface area (Å²) in [5.74, 6) is 0. The zero-order valence-electron chi connectivity index (χ0n) is 12.4. The fourth-order valence-electron chi connectivity index (χ4n) is 3.26. The molecule has 1 atom stereocenters. The van der Waals surface area contributed by atoms with Gasteiger partial charge in [-0.2, -0.15) is 5.26 Å². The molecule has 0 bridgehead atoms. The predicted octanol–water partition coefficient (Wildman–Crippen LogP) is 0.950. The van der Waals surface area contributed by atoms with Gasteiger partial charge < -0.3 is 10.2 Å². The maximum absolute atomic E-state index is 11.1. The van der Waals surface area contributed by atoms with Crippen molar-refractivity contribution in [1.82, 2.24) is 10.2 Å². The molecule has 0 radical (unpaired) electrons. The number of nitro groups is 1. The number of piperazine rings is 1. The fraction of sp³-hybridized carbons (Fsp3) is 0.533. The van der Waals surface area contributed by atoms with E-state index in [1.165, 1.54) is 12.5 Å². The molecule has 7 heteroatoms. The summed E-state index contributed by atoms with van der Waals surface area (Å²) in [7, 11) is 0. The molecular formula is C15H19N5O2. The lowest BCUT2D eigenvalue weighted by Crippen LogP contribution is -2.51. The fourth-order valence-corrected chi connectivity index (χ4v) is 3.26. The minimum absolute atomic E-state index is 0.109. The molecule has 2 fully saturated rings. The van der Waals surface area contributed by atoms with Crippen molar-refractivity contribution in [3.8, 4) is 6.07 Å². The van der Waals surface area contributed by atoms with Crippen LogP contribution in [0.2, 0.25) is 0 Å². The number of nitrogens with zero attached hydrogens (tertiary/aromatic N) is 4. The summed E-state index contributed by atoms with van der Waals surface area (Å²) < 4.78 is 0. The Kier molecular flexibility index (Phi) is 4.22. The molecule has 0 spiro atoms. The highest BCUT2D eigenvalue weighted by Crippen LogP contribution is 2.26. The summed E-state index contributed by atoms with van der Waals surface area (Å²) in [6.07, 6.45) is 1.20. The van der Waals surface area contributed by atoms with E-state index in [1.807, 2.05) is 6.07 Å². The van der Waals surface area contributed by atoms with Crippen LogP contribution in [0.1, 0.15) is 12.0 Å². The Labute approximate surface area is 129 Å². The molecule has 1 unspecified atom stereocenters. The first-order chi connectivity index (χ1) is 10.7. The van der Waals surface area contributed by atoms with Crippen LogP contribution < -0.4 is 10.2 Å². The van der Waals surface area contributed by atoms with E-state index < -0.39 is 4.92 Å². The van der Waals surface area contributed by atoms with Crippen molar-refractivity contribution >= 4 is 11.4 Å². The van der Waals surface area contributed by atoms with E-state index in [0.29, 0.717) is 6.04 Å². The van der Waals surface area contributed by atoms with Crippen molar-refractivity contribution in [1.29, 1.82) is 5.26 Å². The highest BCUT2D eigenvalue weighted by molar-refractivity contribution is 5.60. The maximum atomic E-state index is 11.1. The average Bonchev–Trinajstić information content (AvgIpc) is 3.09. The van der Waals surface area contributed by atoms with E-state index in [1.54, 1.807) is 12.1 Å². The molecule has 7 nitrogen and oxygen atoms in total. The van der Waals surface area contributed by atoms with Crippen molar-refractivity contribution in [2.75, 3.05) is 44.2 Å². The Bertz CT molecular complexity index is 598. The lowest BCUT2D eigenvalue weighted by atomic mass is 10.1. The number of nitro benzene ring substituents is 1. The molecule has 1 aromatic carbocycles. The van der Waals surface area contributed by atoms with Crippen LogP contribution in [0, 0.1) is 21.4 Å². The molecule has 0 saturated carbocycles. The van der Waals surface area contributed by atoms with E-state index in [-0.39, 0.29) is 11.3 Å². The first-order valence-corrected chi connectivity index (χ1v) is 7.57. The van der Waals surface area contributed by atoms with Crippen LogP contribution in [0.15, 0.2) is 18.2 Å². The molecule has 0 aliphatic carbocycles. The number of rotatable bonds is 3. The van der Waals surface area contributed by atoms with Crippen LogP contribution in [0.3, 0.4) is 0 Å². The van der Waals surface area contributed by atoms with Gasteiger partial charge in [0.15, 0.2) is 0 Å². The molecule has 22 heavy (non-hydrogen) atoms. The molecule has 0 aromatic heterocycles. The molecule has 1 N–H and O–H groups in total. The van der Waals surface area contributed by atoms with Gasteiger partial charge in [0, 0.05) is 50.5 Å². The van der Waals surface area contributed by atoms with Gasteiger partial charge >= 0.3 is 0 Å². The third kappa shape index (κ3) is 2.89.